The fourth-order valence-electron chi connectivity index (χ4n) is 19.9. The van der Waals surface area contributed by atoms with E-state index in [-0.39, 0.29) is 113 Å². The molecule has 7 amide bonds. The zero-order valence-corrected chi connectivity index (χ0v) is 80.5. The average Bonchev–Trinajstić information content (AvgIpc) is 1.58. The number of H-pyrrole nitrogens is 1. The van der Waals surface area contributed by atoms with Crippen molar-refractivity contribution in [3.05, 3.63) is 188 Å². The van der Waals surface area contributed by atoms with Crippen LogP contribution in [0.3, 0.4) is 0 Å². The molecule has 2 aliphatic carbocycles. The molecule has 1 saturated heterocycles. The second-order valence-corrected chi connectivity index (χ2v) is 38.3. The van der Waals surface area contributed by atoms with Crippen LogP contribution >= 0.6 is 34.5 Å². The van der Waals surface area contributed by atoms with Crippen molar-refractivity contribution >= 4 is 137 Å². The lowest BCUT2D eigenvalue weighted by molar-refractivity contribution is -0.148. The van der Waals surface area contributed by atoms with Gasteiger partial charge in [-0.3, -0.25) is 38.5 Å². The van der Waals surface area contributed by atoms with E-state index in [1.807, 2.05) is 146 Å². The maximum atomic E-state index is 14.4. The molecular formula is C102H132Cl2N12O11S. The lowest BCUT2D eigenvalue weighted by Crippen LogP contribution is -2.60. The number of thiazole rings is 1. The number of anilines is 4. The van der Waals surface area contributed by atoms with Gasteiger partial charge in [-0.15, -0.1) is 34.5 Å². The second kappa shape index (κ2) is 42.7. The summed E-state index contributed by atoms with van der Waals surface area (Å²) < 4.78 is 23.3. The fourth-order valence-corrected chi connectivity index (χ4v) is 21.1. The summed E-state index contributed by atoms with van der Waals surface area (Å²) in [6.07, 6.45) is 7.69. The van der Waals surface area contributed by atoms with Crippen molar-refractivity contribution in [2.45, 2.75) is 227 Å². The quantitative estimate of drug-likeness (QED) is 0.0209. The third-order valence-corrected chi connectivity index (χ3v) is 28.2. The molecule has 1 fully saturated rings. The minimum atomic E-state index is -0.759. The number of hydrogen-bond donors (Lipinski definition) is 6. The number of primary amides is 1. The number of nitrogens with one attached hydrogen (secondary N) is 5. The number of aromatic amines is 1. The van der Waals surface area contributed by atoms with Crippen molar-refractivity contribution in [2.24, 2.45) is 29.4 Å². The van der Waals surface area contributed by atoms with E-state index >= 15 is 0 Å². The van der Waals surface area contributed by atoms with Crippen LogP contribution in [0.25, 0.3) is 38.5 Å². The van der Waals surface area contributed by atoms with Gasteiger partial charge in [0.05, 0.1) is 85.7 Å². The minimum Gasteiger partial charge on any atom is -0.493 e. The Bertz CT molecular complexity index is 5500. The molecule has 14 rings (SSSR count). The Morgan fingerprint density at radius 2 is 1.28 bits per heavy atom. The van der Waals surface area contributed by atoms with E-state index in [4.69, 9.17) is 47.9 Å². The third kappa shape index (κ3) is 20.6. The van der Waals surface area contributed by atoms with Gasteiger partial charge in [0.1, 0.15) is 16.7 Å². The summed E-state index contributed by atoms with van der Waals surface area (Å²) in [4.78, 5) is 113. The van der Waals surface area contributed by atoms with E-state index in [0.717, 1.165) is 130 Å². The first-order valence-corrected chi connectivity index (χ1v) is 47.3. The largest absolute Gasteiger partial charge is 0.493 e. The molecular weight excluding hydrogens is 1670 g/mol. The van der Waals surface area contributed by atoms with Crippen molar-refractivity contribution in [3.63, 3.8) is 0 Å². The molecule has 26 heteroatoms. The molecule has 5 aliphatic rings. The minimum absolute atomic E-state index is 0.0119. The summed E-state index contributed by atoms with van der Waals surface area (Å²) in [6, 6.07) is 37.4. The van der Waals surface area contributed by atoms with Crippen LogP contribution in [0.2, 0.25) is 0 Å². The van der Waals surface area contributed by atoms with E-state index in [1.54, 1.807) is 46.6 Å². The lowest BCUT2D eigenvalue weighted by Gasteiger charge is -2.41. The summed E-state index contributed by atoms with van der Waals surface area (Å²) in [5, 5.41) is 21.7. The Morgan fingerprint density at radius 3 is 1.80 bits per heavy atom. The van der Waals surface area contributed by atoms with Crippen molar-refractivity contribution in [1.82, 2.24) is 35.3 Å². The predicted molar refractivity (Wildman–Crippen MR) is 518 cm³/mol. The number of halogens is 2. The van der Waals surface area contributed by atoms with Crippen LogP contribution in [-0.2, 0) is 57.5 Å². The van der Waals surface area contributed by atoms with Gasteiger partial charge in [0.2, 0.25) is 29.5 Å². The highest BCUT2D eigenvalue weighted by Crippen LogP contribution is 2.50. The number of ether oxygens (including phenoxy) is 4. The molecule has 9 aromatic rings. The molecule has 5 heterocycles. The summed E-state index contributed by atoms with van der Waals surface area (Å²) in [6.45, 7) is 30.1. The van der Waals surface area contributed by atoms with Gasteiger partial charge in [-0.25, -0.2) is 4.98 Å². The van der Waals surface area contributed by atoms with Gasteiger partial charge in [0, 0.05) is 134 Å². The van der Waals surface area contributed by atoms with Crippen molar-refractivity contribution in [2.75, 3.05) is 94.4 Å². The summed E-state index contributed by atoms with van der Waals surface area (Å²) in [5.74, 6) is 0.352. The Kier molecular flexibility index (Phi) is 32.3. The van der Waals surface area contributed by atoms with E-state index in [2.05, 4.69) is 135 Å². The molecule has 2 aromatic heterocycles. The molecule has 128 heavy (non-hydrogen) atoms. The number of fused-ring (bicyclic) bond motifs is 10. The van der Waals surface area contributed by atoms with Crippen LogP contribution in [-0.4, -0.2) is 194 Å². The van der Waals surface area contributed by atoms with Gasteiger partial charge < -0.3 is 70.5 Å². The topological polar surface area (TPSA) is 275 Å². The number of methoxy groups -OCH3 is 4. The zero-order valence-electron chi connectivity index (χ0n) is 78.1. The van der Waals surface area contributed by atoms with Crippen LogP contribution < -0.4 is 46.3 Å². The average molecular weight is 1810 g/mol. The Hall–Kier alpha value is -10.1. The Balaban J connectivity index is 0.000000181. The molecule has 0 radical (unpaired) electrons. The number of rotatable bonds is 33. The number of carbonyl (C=O) groups is 7. The molecule has 0 bridgehead atoms. The van der Waals surface area contributed by atoms with Crippen LogP contribution in [0, 0.1) is 30.6 Å². The number of hydrogen-bond acceptors (Lipinski definition) is 16. The van der Waals surface area contributed by atoms with E-state index in [9.17, 15) is 33.6 Å². The second-order valence-electron chi connectivity index (χ2n) is 36.8. The SMILES string of the molecule is CC(C)Nc1cc2c(c3ccccc13)[C@H](CCl)CN2C(=O)C1=Cc2c(ccc3c2CCC3C(N)=O)C1.CC[C@H](C)[C@@H]([C@@H](CC(=O)N1CCC[C@H]1[C@H](OC)[C@@H](C)C(=O)N[C@@H](Cc1ccccc1)c1nccs1)OC)N(C)C(=O)[C@@H](NC(=O)[C@H](C(C)C)N(C)C(C)C)C(C)C.COc1c(C)cc2cc(C(=O)N3C[C@@H](CCl)c4c3cc(NC(C)C)c3ccccc43)[nH]c2c1OC. The van der Waals surface area contributed by atoms with E-state index in [0.29, 0.717) is 67.8 Å². The van der Waals surface area contributed by atoms with Crippen molar-refractivity contribution in [3.8, 4) is 11.5 Å². The molecule has 7 N–H and O–H groups in total. The van der Waals surface area contributed by atoms with Gasteiger partial charge in [-0.1, -0.05) is 146 Å². The van der Waals surface area contributed by atoms with Crippen LogP contribution in [0.5, 0.6) is 11.5 Å². The first-order valence-electron chi connectivity index (χ1n) is 45.4. The van der Waals surface area contributed by atoms with Gasteiger partial charge in [-0.05, 0) is 191 Å². The Labute approximate surface area is 769 Å². The van der Waals surface area contributed by atoms with Crippen LogP contribution in [0.1, 0.15) is 206 Å². The van der Waals surface area contributed by atoms with Crippen LogP contribution in [0.15, 0.2) is 132 Å². The molecule has 7 aromatic carbocycles. The number of likely N-dealkylation sites (tertiary alicyclic amines) is 1. The van der Waals surface area contributed by atoms with Crippen LogP contribution in [0.4, 0.5) is 22.7 Å². The zero-order chi connectivity index (χ0) is 92.5. The number of alkyl halides is 2. The summed E-state index contributed by atoms with van der Waals surface area (Å²) >= 11 is 14.4. The number of nitrogens with zero attached hydrogens (tertiary/aromatic N) is 6. The number of carbonyl (C=O) groups excluding carboxylic acids is 7. The Morgan fingerprint density at radius 1 is 0.688 bits per heavy atom. The van der Waals surface area contributed by atoms with Gasteiger partial charge in [0.15, 0.2) is 11.5 Å². The normalized spacial score (nSPS) is 18.2. The monoisotopic (exact) mass is 1800 g/mol. The summed E-state index contributed by atoms with van der Waals surface area (Å²) in [5.41, 5.74) is 20.3. The van der Waals surface area contributed by atoms with E-state index in [1.165, 1.54) is 16.9 Å². The molecule has 0 saturated carbocycles. The lowest BCUT2D eigenvalue weighted by atomic mass is 9.89. The van der Waals surface area contributed by atoms with Crippen molar-refractivity contribution in [1.29, 1.82) is 0 Å². The number of nitrogens with two attached hydrogens (primary N) is 1. The molecule has 1 unspecified atom stereocenters. The molecule has 686 valence electrons. The highest BCUT2D eigenvalue weighted by atomic mass is 35.5. The maximum absolute atomic E-state index is 14.4. The maximum Gasteiger partial charge on any atom is 0.274 e. The standard InChI is InChI=1S/C44H72N6O6S.C30H30ClN3O2.C28H30ClN3O3/c1-14-30(8)39(49(11)44(54)37(27(2)3)47-42(53)38(28(4)5)48(10)29(6)7)35(55-12)26-36(51)50-23-18-21-34(50)40(56-13)31(9)41(52)46-33(43-45-22-24-57-43)25-32-19-16-15-17-20-32;1-16(2)33-26-13-27-28(23-6-4-3-5-22(23)26)19(14-31)15-34(27)30(36)18-11-17-7-8-20-21(25(17)12-18)9-10-24(20)29(32)35;1-15(2)30-21-12-23-24(20-9-7-6-8-19(20)21)18(13-29)14-32(23)28(33)22-11-17-10-16(3)26(34-4)27(35-5)25(17)31-22/h15-17,19-20,22,24,27-31,33-35,37-40H,14,18,21,23,25-26H2,1-13H3,(H,46,52)(H,47,53);3-8,12-13,16,19,24,33H,9-11,14-15H2,1-2H3,(H2,32,35);6-12,15,18,30-31H,13-14H2,1-5H3/t30-,31+,33-,34-,35+,37-,38-,39-,40+;19-,24?;18-/m011/s1. The van der Waals surface area contributed by atoms with Gasteiger partial charge >= 0.3 is 0 Å². The number of benzene rings is 7. The van der Waals surface area contributed by atoms with E-state index < -0.39 is 36.3 Å². The first-order chi connectivity index (χ1) is 61.2. The first kappa shape index (κ1) is 97.0. The number of amides is 7. The van der Waals surface area contributed by atoms with Gasteiger partial charge in [0.25, 0.3) is 11.8 Å². The molecule has 0 spiro atoms. The highest BCUT2D eigenvalue weighted by Gasteiger charge is 2.46. The molecule has 12 atom stereocenters. The fraction of sp³-hybridized carbons (Fsp3) is 0.490. The third-order valence-electron chi connectivity index (χ3n) is 26.6. The smallest absolute Gasteiger partial charge is 0.274 e. The number of aromatic nitrogens is 2. The number of aryl methyl sites for hydroxylation is 1. The predicted octanol–water partition coefficient (Wildman–Crippen LogP) is 17.9. The highest BCUT2D eigenvalue weighted by molar-refractivity contribution is 7.09. The molecule has 23 nitrogen and oxygen atoms in total. The summed E-state index contributed by atoms with van der Waals surface area (Å²) in [7, 11) is 10.1. The number of likely N-dealkylation sites (N-methyl/N-ethyl adjacent to an activating group) is 2. The molecule has 3 aliphatic heterocycles. The van der Waals surface area contributed by atoms with Gasteiger partial charge in [-0.2, -0.15) is 0 Å². The van der Waals surface area contributed by atoms with Crippen molar-refractivity contribution < 1.29 is 52.5 Å².